The number of hydrogen-bond acceptors (Lipinski definition) is 4. The van der Waals surface area contributed by atoms with Gasteiger partial charge in [0.2, 0.25) is 0 Å². The van der Waals surface area contributed by atoms with Crippen molar-refractivity contribution in [3.05, 3.63) is 35.9 Å². The van der Waals surface area contributed by atoms with Crippen LogP contribution in [0.3, 0.4) is 0 Å². The summed E-state index contributed by atoms with van der Waals surface area (Å²) in [5.41, 5.74) is 5.62. The molecular formula is C13H20N2O4S. The lowest BCUT2D eigenvalue weighted by molar-refractivity contribution is 0.205. The van der Waals surface area contributed by atoms with Crippen LogP contribution in [0, 0.1) is 0 Å². The molecule has 0 heterocycles. The first-order valence-corrected chi connectivity index (χ1v) is 7.85. The molecule has 0 bridgehead atoms. The van der Waals surface area contributed by atoms with Crippen molar-refractivity contribution >= 4 is 16.4 Å². The zero-order valence-electron chi connectivity index (χ0n) is 11.5. The maximum Gasteiger partial charge on any atom is 0.421 e. The van der Waals surface area contributed by atoms with Crippen LogP contribution in [-0.4, -0.2) is 25.4 Å². The van der Waals surface area contributed by atoms with Gasteiger partial charge in [-0.2, -0.15) is 12.7 Å². The van der Waals surface area contributed by atoms with Gasteiger partial charge in [0.1, 0.15) is 0 Å². The molecule has 0 aliphatic rings. The third-order valence-electron chi connectivity index (χ3n) is 2.72. The van der Waals surface area contributed by atoms with Crippen molar-refractivity contribution < 1.29 is 17.4 Å². The van der Waals surface area contributed by atoms with Gasteiger partial charge >= 0.3 is 16.4 Å². The van der Waals surface area contributed by atoms with E-state index in [1.165, 1.54) is 0 Å². The highest BCUT2D eigenvalue weighted by molar-refractivity contribution is 7.84. The fraction of sp³-hybridized carbons (Fsp3) is 0.462. The first-order chi connectivity index (χ1) is 9.45. The predicted molar refractivity (Wildman–Crippen MR) is 76.0 cm³/mol. The van der Waals surface area contributed by atoms with E-state index in [9.17, 15) is 13.2 Å². The molecule has 20 heavy (non-hydrogen) atoms. The van der Waals surface area contributed by atoms with E-state index in [4.69, 9.17) is 5.73 Å². The maximum absolute atomic E-state index is 11.9. The second-order valence-corrected chi connectivity index (χ2v) is 5.92. The lowest BCUT2D eigenvalue weighted by Crippen LogP contribution is -2.35. The molecule has 0 radical (unpaired) electrons. The Morgan fingerprint density at radius 1 is 1.25 bits per heavy atom. The van der Waals surface area contributed by atoms with Crippen LogP contribution < -0.4 is 5.73 Å². The molecule has 1 aromatic carbocycles. The minimum absolute atomic E-state index is 0.153. The van der Waals surface area contributed by atoms with E-state index in [1.807, 2.05) is 37.3 Å². The summed E-state index contributed by atoms with van der Waals surface area (Å²) in [4.78, 5) is 10.7. The number of unbranched alkanes of at least 4 members (excludes halogenated alkanes) is 2. The summed E-state index contributed by atoms with van der Waals surface area (Å²) < 4.78 is 29.3. The van der Waals surface area contributed by atoms with Gasteiger partial charge < -0.3 is 9.92 Å². The fourth-order valence-electron chi connectivity index (χ4n) is 1.75. The van der Waals surface area contributed by atoms with Crippen molar-refractivity contribution in [2.45, 2.75) is 32.7 Å². The van der Waals surface area contributed by atoms with Gasteiger partial charge in [-0.05, 0) is 12.0 Å². The number of nitrogens with two attached hydrogens (primary N) is 1. The summed E-state index contributed by atoms with van der Waals surface area (Å²) >= 11 is 0. The third-order valence-corrected chi connectivity index (χ3v) is 4.04. The van der Waals surface area contributed by atoms with E-state index in [0.717, 1.165) is 22.7 Å². The smallest absolute Gasteiger partial charge is 0.334 e. The Bertz CT molecular complexity index is 516. The highest BCUT2D eigenvalue weighted by atomic mass is 32.2. The van der Waals surface area contributed by atoms with Crippen LogP contribution in [0.4, 0.5) is 4.79 Å². The van der Waals surface area contributed by atoms with E-state index in [0.29, 0.717) is 13.0 Å². The van der Waals surface area contributed by atoms with Gasteiger partial charge in [0.25, 0.3) is 0 Å². The number of primary amides is 1. The molecular weight excluding hydrogens is 280 g/mol. The van der Waals surface area contributed by atoms with Gasteiger partial charge in [-0.15, -0.1) is 0 Å². The maximum atomic E-state index is 11.9. The molecule has 0 saturated carbocycles. The van der Waals surface area contributed by atoms with E-state index in [1.54, 1.807) is 0 Å². The van der Waals surface area contributed by atoms with E-state index in [-0.39, 0.29) is 6.54 Å². The number of carbonyl (C=O) groups is 1. The van der Waals surface area contributed by atoms with Crippen molar-refractivity contribution in [2.75, 3.05) is 6.54 Å². The topological polar surface area (TPSA) is 89.7 Å². The van der Waals surface area contributed by atoms with Crippen molar-refractivity contribution in [1.29, 1.82) is 0 Å². The Balaban J connectivity index is 2.81. The van der Waals surface area contributed by atoms with Gasteiger partial charge in [-0.3, -0.25) is 0 Å². The lowest BCUT2D eigenvalue weighted by Gasteiger charge is -2.20. The summed E-state index contributed by atoms with van der Waals surface area (Å²) in [7, 11) is -4.14. The van der Waals surface area contributed by atoms with Crippen LogP contribution in [0.25, 0.3) is 0 Å². The quantitative estimate of drug-likeness (QED) is 0.744. The molecule has 0 spiro atoms. The van der Waals surface area contributed by atoms with Crippen molar-refractivity contribution in [1.82, 2.24) is 4.31 Å². The van der Waals surface area contributed by atoms with Crippen molar-refractivity contribution in [3.63, 3.8) is 0 Å². The summed E-state index contributed by atoms with van der Waals surface area (Å²) in [5, 5.41) is 0. The molecule has 1 amide bonds. The van der Waals surface area contributed by atoms with Gasteiger partial charge in [0.15, 0.2) is 0 Å². The van der Waals surface area contributed by atoms with Crippen LogP contribution in [0.15, 0.2) is 30.3 Å². The van der Waals surface area contributed by atoms with Gasteiger partial charge in [0, 0.05) is 13.1 Å². The SMILES string of the molecule is CCCCCN(Cc1ccccc1)S(=O)(=O)OC(N)=O. The summed E-state index contributed by atoms with van der Waals surface area (Å²) in [5.74, 6) is 0. The van der Waals surface area contributed by atoms with E-state index >= 15 is 0 Å². The van der Waals surface area contributed by atoms with Crippen LogP contribution in [-0.2, 0) is 21.0 Å². The van der Waals surface area contributed by atoms with E-state index < -0.39 is 16.4 Å². The molecule has 0 aromatic heterocycles. The van der Waals surface area contributed by atoms with Gasteiger partial charge in [-0.25, -0.2) is 4.79 Å². The average Bonchev–Trinajstić information content (AvgIpc) is 2.37. The molecule has 2 N–H and O–H groups in total. The Hall–Kier alpha value is -1.60. The van der Waals surface area contributed by atoms with Crippen LogP contribution in [0.5, 0.6) is 0 Å². The second kappa shape index (κ2) is 7.86. The molecule has 6 nitrogen and oxygen atoms in total. The first-order valence-electron chi connectivity index (χ1n) is 6.48. The Morgan fingerprint density at radius 2 is 1.90 bits per heavy atom. The Labute approximate surface area is 119 Å². The molecule has 7 heteroatoms. The number of hydrogen-bond donors (Lipinski definition) is 1. The van der Waals surface area contributed by atoms with Crippen LogP contribution in [0.1, 0.15) is 31.7 Å². The normalized spacial score (nSPS) is 11.5. The summed E-state index contributed by atoms with van der Waals surface area (Å²) in [6, 6.07) is 9.11. The van der Waals surface area contributed by atoms with Crippen molar-refractivity contribution in [2.24, 2.45) is 5.73 Å². The Kier molecular flexibility index (Phi) is 6.47. The number of benzene rings is 1. The minimum Gasteiger partial charge on any atom is -0.334 e. The summed E-state index contributed by atoms with van der Waals surface area (Å²) in [6.45, 7) is 2.47. The second-order valence-electron chi connectivity index (χ2n) is 4.39. The number of rotatable bonds is 8. The van der Waals surface area contributed by atoms with Crippen LogP contribution >= 0.6 is 0 Å². The molecule has 0 atom stereocenters. The number of nitrogens with zero attached hydrogens (tertiary/aromatic N) is 1. The molecule has 0 aliphatic carbocycles. The number of amides is 1. The third kappa shape index (κ3) is 5.58. The molecule has 0 aliphatic heterocycles. The fourth-order valence-corrected chi connectivity index (χ4v) is 2.72. The molecule has 0 unspecified atom stereocenters. The molecule has 1 aromatic rings. The highest BCUT2D eigenvalue weighted by Gasteiger charge is 2.25. The largest absolute Gasteiger partial charge is 0.421 e. The zero-order valence-corrected chi connectivity index (χ0v) is 12.3. The average molecular weight is 300 g/mol. The molecule has 1 rings (SSSR count). The molecule has 0 fully saturated rings. The predicted octanol–water partition coefficient (Wildman–Crippen LogP) is 2.02. The zero-order chi connectivity index (χ0) is 15.0. The van der Waals surface area contributed by atoms with Crippen LogP contribution in [0.2, 0.25) is 0 Å². The first kappa shape index (κ1) is 16.5. The highest BCUT2D eigenvalue weighted by Crippen LogP contribution is 2.12. The monoisotopic (exact) mass is 300 g/mol. The molecule has 0 saturated heterocycles. The minimum atomic E-state index is -4.14. The van der Waals surface area contributed by atoms with Gasteiger partial charge in [0.05, 0.1) is 0 Å². The number of carbonyl (C=O) groups excluding carboxylic acids is 1. The van der Waals surface area contributed by atoms with Gasteiger partial charge in [-0.1, -0.05) is 50.1 Å². The standard InChI is InChI=1S/C13H20N2O4S/c1-2-3-7-10-15(20(17,18)19-13(14)16)11-12-8-5-4-6-9-12/h4-6,8-9H,2-3,7,10-11H2,1H3,(H2,14,16). The molecule has 112 valence electrons. The summed E-state index contributed by atoms with van der Waals surface area (Å²) in [6.07, 6.45) is 1.25. The lowest BCUT2D eigenvalue weighted by atomic mass is 10.2. The Morgan fingerprint density at radius 3 is 2.45 bits per heavy atom. The van der Waals surface area contributed by atoms with Crippen molar-refractivity contribution in [3.8, 4) is 0 Å². The van der Waals surface area contributed by atoms with E-state index in [2.05, 4.69) is 4.18 Å².